The number of aryl methyl sites for hydroxylation is 1. The van der Waals surface area contributed by atoms with Crippen LogP contribution >= 0.6 is 0 Å². The van der Waals surface area contributed by atoms with Gasteiger partial charge in [0, 0.05) is 31.5 Å². The molecule has 1 aliphatic rings. The topological polar surface area (TPSA) is 77.1 Å². The first-order valence-electron chi connectivity index (χ1n) is 7.31. The SMILES string of the molecule is CC1CCCCCC1NS(=O)(=O)c1cc(CN)n(C)c1. The van der Waals surface area contributed by atoms with Crippen LogP contribution in [0.3, 0.4) is 0 Å². The highest BCUT2D eigenvalue weighted by Gasteiger charge is 2.26. The van der Waals surface area contributed by atoms with Crippen molar-refractivity contribution in [3.63, 3.8) is 0 Å². The quantitative estimate of drug-likeness (QED) is 0.831. The zero-order chi connectivity index (χ0) is 14.8. The molecular formula is C14H25N3O2S. The summed E-state index contributed by atoms with van der Waals surface area (Å²) in [4.78, 5) is 0.317. The van der Waals surface area contributed by atoms with Gasteiger partial charge in [0.2, 0.25) is 10.0 Å². The molecule has 1 heterocycles. The minimum absolute atomic E-state index is 0.0454. The summed E-state index contributed by atoms with van der Waals surface area (Å²) in [5.74, 6) is 0.393. The molecule has 6 heteroatoms. The summed E-state index contributed by atoms with van der Waals surface area (Å²) in [5, 5.41) is 0. The minimum atomic E-state index is -3.45. The Hall–Kier alpha value is -0.850. The van der Waals surface area contributed by atoms with Crippen LogP contribution in [-0.4, -0.2) is 19.0 Å². The maximum Gasteiger partial charge on any atom is 0.242 e. The van der Waals surface area contributed by atoms with Gasteiger partial charge in [0.05, 0.1) is 4.90 Å². The van der Waals surface area contributed by atoms with Gasteiger partial charge in [0.15, 0.2) is 0 Å². The van der Waals surface area contributed by atoms with E-state index in [4.69, 9.17) is 5.73 Å². The summed E-state index contributed by atoms with van der Waals surface area (Å²) in [5.41, 5.74) is 6.42. The lowest BCUT2D eigenvalue weighted by atomic mass is 9.98. The van der Waals surface area contributed by atoms with Crippen molar-refractivity contribution in [1.82, 2.24) is 9.29 Å². The van der Waals surface area contributed by atoms with E-state index in [2.05, 4.69) is 11.6 Å². The Balaban J connectivity index is 2.17. The van der Waals surface area contributed by atoms with Crippen LogP contribution in [0.25, 0.3) is 0 Å². The van der Waals surface area contributed by atoms with E-state index in [1.807, 2.05) is 7.05 Å². The van der Waals surface area contributed by atoms with E-state index in [0.29, 0.717) is 17.4 Å². The summed E-state index contributed by atoms with van der Waals surface area (Å²) in [6.45, 7) is 2.47. The Morgan fingerprint density at radius 3 is 2.70 bits per heavy atom. The third-order valence-electron chi connectivity index (χ3n) is 4.27. The first-order chi connectivity index (χ1) is 9.44. The largest absolute Gasteiger partial charge is 0.352 e. The molecular weight excluding hydrogens is 274 g/mol. The average Bonchev–Trinajstić information content (AvgIpc) is 2.67. The van der Waals surface area contributed by atoms with Crippen LogP contribution in [0.2, 0.25) is 0 Å². The molecule has 1 saturated carbocycles. The third kappa shape index (κ3) is 3.42. The molecule has 1 fully saturated rings. The molecule has 2 unspecified atom stereocenters. The number of aromatic nitrogens is 1. The number of hydrogen-bond acceptors (Lipinski definition) is 3. The Bertz CT molecular complexity index is 551. The van der Waals surface area contributed by atoms with Gasteiger partial charge in [-0.25, -0.2) is 13.1 Å². The summed E-state index contributed by atoms with van der Waals surface area (Å²) in [6.07, 6.45) is 7.15. The predicted molar refractivity (Wildman–Crippen MR) is 79.7 cm³/mol. The van der Waals surface area contributed by atoms with Gasteiger partial charge in [0.25, 0.3) is 0 Å². The summed E-state index contributed by atoms with van der Waals surface area (Å²) in [6, 6.07) is 1.70. The van der Waals surface area contributed by atoms with Crippen molar-refractivity contribution < 1.29 is 8.42 Å². The first-order valence-corrected chi connectivity index (χ1v) is 8.80. The molecule has 1 aromatic rings. The van der Waals surface area contributed by atoms with Gasteiger partial charge in [0.1, 0.15) is 0 Å². The fourth-order valence-electron chi connectivity index (χ4n) is 2.86. The lowest BCUT2D eigenvalue weighted by molar-refractivity contribution is 0.399. The second kappa shape index (κ2) is 6.28. The van der Waals surface area contributed by atoms with Crippen molar-refractivity contribution in [3.05, 3.63) is 18.0 Å². The molecule has 1 aromatic heterocycles. The predicted octanol–water partition coefficient (Wildman–Crippen LogP) is 1.73. The Labute approximate surface area is 121 Å². The van der Waals surface area contributed by atoms with Crippen molar-refractivity contribution in [2.24, 2.45) is 18.7 Å². The van der Waals surface area contributed by atoms with E-state index in [1.54, 1.807) is 16.8 Å². The summed E-state index contributed by atoms with van der Waals surface area (Å²) < 4.78 is 29.6. The molecule has 0 spiro atoms. The molecule has 5 nitrogen and oxygen atoms in total. The Morgan fingerprint density at radius 1 is 1.35 bits per heavy atom. The second-order valence-corrected chi connectivity index (χ2v) is 7.54. The summed E-state index contributed by atoms with van der Waals surface area (Å²) in [7, 11) is -1.63. The summed E-state index contributed by atoms with van der Waals surface area (Å²) >= 11 is 0. The van der Waals surface area contributed by atoms with Crippen molar-refractivity contribution in [1.29, 1.82) is 0 Å². The average molecular weight is 299 g/mol. The van der Waals surface area contributed by atoms with E-state index >= 15 is 0 Å². The molecule has 0 aromatic carbocycles. The molecule has 0 aliphatic heterocycles. The lowest BCUT2D eigenvalue weighted by Crippen LogP contribution is -2.38. The molecule has 2 rings (SSSR count). The zero-order valence-corrected chi connectivity index (χ0v) is 13.1. The van der Waals surface area contributed by atoms with Gasteiger partial charge in [-0.1, -0.05) is 26.2 Å². The van der Waals surface area contributed by atoms with E-state index in [0.717, 1.165) is 25.0 Å². The number of sulfonamides is 1. The maximum atomic E-state index is 12.5. The maximum absolute atomic E-state index is 12.5. The first kappa shape index (κ1) is 15.5. The van der Waals surface area contributed by atoms with Crippen molar-refractivity contribution in [2.45, 2.75) is 56.5 Å². The van der Waals surface area contributed by atoms with Crippen molar-refractivity contribution in [2.75, 3.05) is 0 Å². The van der Waals surface area contributed by atoms with Gasteiger partial charge in [-0.3, -0.25) is 0 Å². The van der Waals surface area contributed by atoms with E-state index in [9.17, 15) is 8.42 Å². The molecule has 0 radical (unpaired) electrons. The number of nitrogens with one attached hydrogen (secondary N) is 1. The van der Waals surface area contributed by atoms with Gasteiger partial charge in [-0.15, -0.1) is 0 Å². The molecule has 20 heavy (non-hydrogen) atoms. The monoisotopic (exact) mass is 299 g/mol. The highest BCUT2D eigenvalue weighted by Crippen LogP contribution is 2.24. The van der Waals surface area contributed by atoms with E-state index in [1.165, 1.54) is 12.8 Å². The number of rotatable bonds is 4. The number of hydrogen-bond donors (Lipinski definition) is 2. The molecule has 0 bridgehead atoms. The molecule has 0 saturated heterocycles. The smallest absolute Gasteiger partial charge is 0.242 e. The molecule has 3 N–H and O–H groups in total. The minimum Gasteiger partial charge on any atom is -0.352 e. The Morgan fingerprint density at radius 2 is 2.05 bits per heavy atom. The molecule has 1 aliphatic carbocycles. The van der Waals surface area contributed by atoms with Crippen LogP contribution < -0.4 is 10.5 Å². The Kier molecular flexibility index (Phi) is 4.88. The fourth-order valence-corrected chi connectivity index (χ4v) is 4.34. The zero-order valence-electron chi connectivity index (χ0n) is 12.3. The van der Waals surface area contributed by atoms with Gasteiger partial charge in [-0.2, -0.15) is 0 Å². The van der Waals surface area contributed by atoms with Gasteiger partial charge < -0.3 is 10.3 Å². The van der Waals surface area contributed by atoms with E-state index in [-0.39, 0.29) is 6.04 Å². The molecule has 114 valence electrons. The molecule has 0 amide bonds. The van der Waals surface area contributed by atoms with Crippen LogP contribution in [0.15, 0.2) is 17.2 Å². The highest BCUT2D eigenvalue weighted by atomic mass is 32.2. The van der Waals surface area contributed by atoms with Crippen LogP contribution in [0.1, 0.15) is 44.7 Å². The normalized spacial score (nSPS) is 24.6. The lowest BCUT2D eigenvalue weighted by Gasteiger charge is -2.22. The number of nitrogens with zero attached hydrogens (tertiary/aromatic N) is 1. The molecule has 2 atom stereocenters. The van der Waals surface area contributed by atoms with Gasteiger partial charge >= 0.3 is 0 Å². The van der Waals surface area contributed by atoms with E-state index < -0.39 is 10.0 Å². The van der Waals surface area contributed by atoms with Crippen LogP contribution in [0.5, 0.6) is 0 Å². The van der Waals surface area contributed by atoms with Gasteiger partial charge in [-0.05, 0) is 24.8 Å². The van der Waals surface area contributed by atoms with Crippen molar-refractivity contribution >= 4 is 10.0 Å². The third-order valence-corrected chi connectivity index (χ3v) is 5.73. The number of nitrogens with two attached hydrogens (primary N) is 1. The fraction of sp³-hybridized carbons (Fsp3) is 0.714. The van der Waals surface area contributed by atoms with Crippen molar-refractivity contribution in [3.8, 4) is 0 Å². The van der Waals surface area contributed by atoms with Crippen LogP contribution in [-0.2, 0) is 23.6 Å². The second-order valence-electron chi connectivity index (χ2n) is 5.83. The highest BCUT2D eigenvalue weighted by molar-refractivity contribution is 7.89. The standard InChI is InChI=1S/C14H25N3O2S/c1-11-6-4-3-5-7-14(11)16-20(18,19)13-8-12(9-15)17(2)10-13/h8,10-11,14,16H,3-7,9,15H2,1-2H3. The van der Waals surface area contributed by atoms with Crippen LogP contribution in [0, 0.1) is 5.92 Å². The van der Waals surface area contributed by atoms with Crippen LogP contribution in [0.4, 0.5) is 0 Å².